The maximum Gasteiger partial charge on any atom is 0.235 e. The molecule has 27 heavy (non-hydrogen) atoms. The zero-order valence-corrected chi connectivity index (χ0v) is 16.5. The number of rotatable bonds is 6. The number of carbonyl (C=O) groups excluding carboxylic acids is 1. The van der Waals surface area contributed by atoms with Crippen LogP contribution in [0, 0.1) is 5.92 Å². The van der Waals surface area contributed by atoms with Gasteiger partial charge in [0.2, 0.25) is 5.91 Å². The molecule has 1 aromatic carbocycles. The number of fused-ring (bicyclic) bond motifs is 3. The molecule has 0 radical (unpaired) electrons. The van der Waals surface area contributed by atoms with Gasteiger partial charge in [-0.3, -0.25) is 9.80 Å². The minimum absolute atomic E-state index is 0.00696. The second-order valence-corrected chi connectivity index (χ2v) is 7.26. The summed E-state index contributed by atoms with van der Waals surface area (Å²) in [6.07, 6.45) is 4.25. The molecule has 0 saturated heterocycles. The molecule has 1 aromatic rings. The summed E-state index contributed by atoms with van der Waals surface area (Å²) < 4.78 is 5.15. The first-order valence-corrected chi connectivity index (χ1v) is 9.29. The Morgan fingerprint density at radius 2 is 2.15 bits per heavy atom. The summed E-state index contributed by atoms with van der Waals surface area (Å²) in [7, 11) is 1.69. The van der Waals surface area contributed by atoms with Crippen LogP contribution in [0.1, 0.15) is 44.4 Å². The fourth-order valence-electron chi connectivity index (χ4n) is 3.92. The number of carbonyl (C=O) groups is 1. The number of ether oxygens (including phenoxy) is 1. The fraction of sp³-hybridized carbons (Fsp3) is 0.429. The van der Waals surface area contributed by atoms with Crippen LogP contribution >= 0.6 is 0 Å². The number of benzene rings is 1. The van der Waals surface area contributed by atoms with Crippen LogP contribution in [-0.4, -0.2) is 37.4 Å². The Bertz CT molecular complexity index is 821. The summed E-state index contributed by atoms with van der Waals surface area (Å²) in [5, 5.41) is 9.55. The van der Waals surface area contributed by atoms with Gasteiger partial charge in [0.1, 0.15) is 5.92 Å². The Hall–Kier alpha value is -2.60. The van der Waals surface area contributed by atoms with Crippen molar-refractivity contribution in [3.05, 3.63) is 46.7 Å². The lowest BCUT2D eigenvalue weighted by Crippen LogP contribution is -2.37. The van der Waals surface area contributed by atoms with Crippen LogP contribution in [0.25, 0.3) is 5.57 Å². The molecule has 144 valence electrons. The van der Waals surface area contributed by atoms with Gasteiger partial charge in [0.25, 0.3) is 0 Å². The number of amides is 1. The highest BCUT2D eigenvalue weighted by Crippen LogP contribution is 2.42. The second kappa shape index (κ2) is 7.96. The number of hydrogen-bond donors (Lipinski definition) is 2. The number of hydrazone groups is 1. The minimum Gasteiger partial charge on any atom is -0.404 e. The van der Waals surface area contributed by atoms with Crippen molar-refractivity contribution < 1.29 is 9.53 Å². The number of nitrogens with zero attached hydrogens (tertiary/aromatic N) is 2. The van der Waals surface area contributed by atoms with Crippen LogP contribution in [0.3, 0.4) is 0 Å². The molecule has 2 aliphatic rings. The van der Waals surface area contributed by atoms with Crippen molar-refractivity contribution in [3.63, 3.8) is 0 Å². The molecule has 0 bridgehead atoms. The molecule has 2 unspecified atom stereocenters. The molecule has 2 heterocycles. The number of hydrogen-bond acceptors (Lipinski definition) is 5. The Labute approximate surface area is 160 Å². The smallest absolute Gasteiger partial charge is 0.235 e. The molecule has 2 aliphatic heterocycles. The highest BCUT2D eigenvalue weighted by molar-refractivity contribution is 6.06. The summed E-state index contributed by atoms with van der Waals surface area (Å²) in [6, 6.07) is 6.20. The van der Waals surface area contributed by atoms with Gasteiger partial charge in [0.15, 0.2) is 0 Å². The van der Waals surface area contributed by atoms with Crippen LogP contribution in [0.15, 0.2) is 40.6 Å². The lowest BCUT2D eigenvalue weighted by atomic mass is 9.86. The molecule has 0 aromatic heterocycles. The molecule has 3 rings (SSSR count). The molecule has 1 amide bonds. The molecular weight excluding hydrogens is 340 g/mol. The minimum atomic E-state index is -0.250. The van der Waals surface area contributed by atoms with Gasteiger partial charge in [-0.1, -0.05) is 17.7 Å². The Balaban J connectivity index is 1.97. The van der Waals surface area contributed by atoms with E-state index in [0.717, 1.165) is 40.9 Å². The average Bonchev–Trinajstić information content (AvgIpc) is 3.06. The van der Waals surface area contributed by atoms with Gasteiger partial charge in [0, 0.05) is 37.7 Å². The van der Waals surface area contributed by atoms with Crippen molar-refractivity contribution in [2.45, 2.75) is 33.2 Å². The van der Waals surface area contributed by atoms with Gasteiger partial charge in [0.05, 0.1) is 6.04 Å². The second-order valence-electron chi connectivity index (χ2n) is 7.26. The molecule has 0 fully saturated rings. The standard InChI is InChI=1S/C21H28N4O2/c1-13(2)19(14(3)11-22)15-6-7-16-18(10-15)24-21(26)17-12-23-25(20(16)17)8-5-9-27-4/h6-7,10-12,17,20H,5,8-9,22H2,1-4H3,(H,24,26)/b14-11-. The van der Waals surface area contributed by atoms with Crippen molar-refractivity contribution in [2.75, 3.05) is 25.6 Å². The molecule has 6 nitrogen and oxygen atoms in total. The Morgan fingerprint density at radius 1 is 1.37 bits per heavy atom. The molecule has 6 heteroatoms. The molecule has 2 atom stereocenters. The average molecular weight is 368 g/mol. The number of nitrogens with one attached hydrogen (secondary N) is 1. The SMILES string of the molecule is COCCCN1N=CC2C(=O)Nc3cc(C(=C(C)C)/C(C)=C\N)ccc3C21. The molecule has 0 spiro atoms. The van der Waals surface area contributed by atoms with Crippen LogP contribution in [0.4, 0.5) is 5.69 Å². The molecule has 0 saturated carbocycles. The maximum atomic E-state index is 12.6. The molecule has 0 aliphatic carbocycles. The monoisotopic (exact) mass is 368 g/mol. The van der Waals surface area contributed by atoms with Crippen molar-refractivity contribution >= 4 is 23.4 Å². The number of allylic oxidation sites excluding steroid dienone is 3. The topological polar surface area (TPSA) is 80.0 Å². The van der Waals surface area contributed by atoms with E-state index >= 15 is 0 Å². The van der Waals surface area contributed by atoms with E-state index in [0.29, 0.717) is 6.61 Å². The summed E-state index contributed by atoms with van der Waals surface area (Å²) in [4.78, 5) is 12.6. The van der Waals surface area contributed by atoms with Gasteiger partial charge < -0.3 is 15.8 Å². The summed E-state index contributed by atoms with van der Waals surface area (Å²) in [5.41, 5.74) is 12.1. The molecule has 3 N–H and O–H groups in total. The Morgan fingerprint density at radius 3 is 2.81 bits per heavy atom. The zero-order chi connectivity index (χ0) is 19.6. The van der Waals surface area contributed by atoms with Gasteiger partial charge in [-0.15, -0.1) is 0 Å². The third-order valence-corrected chi connectivity index (χ3v) is 5.14. The lowest BCUT2D eigenvalue weighted by Gasteiger charge is -2.33. The van der Waals surface area contributed by atoms with Gasteiger partial charge in [-0.05, 0) is 56.2 Å². The van der Waals surface area contributed by atoms with E-state index in [4.69, 9.17) is 10.5 Å². The van der Waals surface area contributed by atoms with Crippen LogP contribution in [-0.2, 0) is 9.53 Å². The normalized spacial score (nSPS) is 21.0. The zero-order valence-electron chi connectivity index (χ0n) is 16.5. The predicted molar refractivity (Wildman–Crippen MR) is 109 cm³/mol. The highest BCUT2D eigenvalue weighted by atomic mass is 16.5. The van der Waals surface area contributed by atoms with E-state index in [9.17, 15) is 4.79 Å². The van der Waals surface area contributed by atoms with E-state index in [-0.39, 0.29) is 17.9 Å². The largest absolute Gasteiger partial charge is 0.404 e. The number of methoxy groups -OCH3 is 1. The third-order valence-electron chi connectivity index (χ3n) is 5.14. The van der Waals surface area contributed by atoms with Crippen LogP contribution in [0.5, 0.6) is 0 Å². The van der Waals surface area contributed by atoms with Crippen LogP contribution < -0.4 is 11.1 Å². The van der Waals surface area contributed by atoms with E-state index in [1.807, 2.05) is 18.0 Å². The lowest BCUT2D eigenvalue weighted by molar-refractivity contribution is -0.119. The van der Waals surface area contributed by atoms with Crippen LogP contribution in [0.2, 0.25) is 0 Å². The molecular formula is C21H28N4O2. The van der Waals surface area contributed by atoms with Gasteiger partial charge in [-0.25, -0.2) is 0 Å². The number of nitrogens with two attached hydrogens (primary N) is 1. The third kappa shape index (κ3) is 3.62. The van der Waals surface area contributed by atoms with Gasteiger partial charge >= 0.3 is 0 Å². The van der Waals surface area contributed by atoms with Gasteiger partial charge in [-0.2, -0.15) is 5.10 Å². The predicted octanol–water partition coefficient (Wildman–Crippen LogP) is 3.29. The van der Waals surface area contributed by atoms with Crippen molar-refractivity contribution in [3.8, 4) is 0 Å². The van der Waals surface area contributed by atoms with Crippen molar-refractivity contribution in [1.82, 2.24) is 5.01 Å². The first-order chi connectivity index (χ1) is 13.0. The van der Waals surface area contributed by atoms with Crippen molar-refractivity contribution in [1.29, 1.82) is 0 Å². The van der Waals surface area contributed by atoms with E-state index < -0.39 is 0 Å². The fourth-order valence-corrected chi connectivity index (χ4v) is 3.92. The van der Waals surface area contributed by atoms with Crippen molar-refractivity contribution in [2.24, 2.45) is 16.8 Å². The number of anilines is 1. The maximum absolute atomic E-state index is 12.6. The quantitative estimate of drug-likeness (QED) is 0.596. The first kappa shape index (κ1) is 19.2. The van der Waals surface area contributed by atoms with E-state index in [1.165, 1.54) is 5.57 Å². The van der Waals surface area contributed by atoms with E-state index in [2.05, 4.69) is 36.4 Å². The summed E-state index contributed by atoms with van der Waals surface area (Å²) in [5.74, 6) is -0.257. The van der Waals surface area contributed by atoms with E-state index in [1.54, 1.807) is 19.5 Å². The summed E-state index contributed by atoms with van der Waals surface area (Å²) >= 11 is 0. The summed E-state index contributed by atoms with van der Waals surface area (Å²) in [6.45, 7) is 7.57. The first-order valence-electron chi connectivity index (χ1n) is 9.29. The Kier molecular flexibility index (Phi) is 5.65. The highest BCUT2D eigenvalue weighted by Gasteiger charge is 2.41.